The van der Waals surface area contributed by atoms with Crippen LogP contribution in [0.4, 0.5) is 22.0 Å². The Kier molecular flexibility index (Phi) is 7.40. The summed E-state index contributed by atoms with van der Waals surface area (Å²) < 4.78 is 13.1. The molecular weight excluding hydrogens is 423 g/mol. The van der Waals surface area contributed by atoms with E-state index in [9.17, 15) is 4.39 Å². The molecule has 1 atom stereocenters. The van der Waals surface area contributed by atoms with Crippen molar-refractivity contribution in [1.29, 1.82) is 0 Å². The van der Waals surface area contributed by atoms with E-state index in [1.54, 1.807) is 12.1 Å². The predicted octanol–water partition coefficient (Wildman–Crippen LogP) is 4.72. The molecule has 1 unspecified atom stereocenters. The van der Waals surface area contributed by atoms with Gasteiger partial charge in [-0.25, -0.2) is 4.39 Å². The maximum atomic E-state index is 13.1. The first kappa shape index (κ1) is 22.7. The van der Waals surface area contributed by atoms with Gasteiger partial charge in [-0.15, -0.1) is 0 Å². The number of piperidine rings is 2. The molecule has 0 radical (unpaired) electrons. The summed E-state index contributed by atoms with van der Waals surface area (Å²) in [4.78, 5) is 14.4. The molecule has 0 saturated carbocycles. The lowest BCUT2D eigenvalue weighted by Crippen LogP contribution is -2.39. The van der Waals surface area contributed by atoms with Crippen LogP contribution in [0.25, 0.3) is 0 Å². The summed E-state index contributed by atoms with van der Waals surface area (Å²) in [6.07, 6.45) is 5.99. The van der Waals surface area contributed by atoms with E-state index in [1.165, 1.54) is 44.2 Å². The van der Waals surface area contributed by atoms with E-state index in [-0.39, 0.29) is 5.82 Å². The van der Waals surface area contributed by atoms with Crippen molar-refractivity contribution in [1.82, 2.24) is 15.3 Å². The molecule has 2 saturated heterocycles. The third-order valence-corrected chi connectivity index (χ3v) is 6.74. The lowest BCUT2D eigenvalue weighted by molar-refractivity contribution is 0.436. The van der Waals surface area contributed by atoms with Gasteiger partial charge in [-0.3, -0.25) is 0 Å². The fourth-order valence-electron chi connectivity index (χ4n) is 4.39. The second-order valence-electron chi connectivity index (χ2n) is 9.05. The Morgan fingerprint density at radius 3 is 2.47 bits per heavy atom. The van der Waals surface area contributed by atoms with E-state index in [1.807, 2.05) is 0 Å². The van der Waals surface area contributed by atoms with Crippen molar-refractivity contribution in [3.8, 4) is 0 Å². The largest absolute Gasteiger partial charge is 0.358 e. The summed E-state index contributed by atoms with van der Waals surface area (Å²) in [6, 6.07) is 8.99. The maximum Gasteiger partial charge on any atom is 0.232 e. The van der Waals surface area contributed by atoms with Crippen LogP contribution in [0.15, 0.2) is 30.3 Å². The molecule has 2 aliphatic rings. The fraction of sp³-hybridized carbons (Fsp3) is 0.542. The van der Waals surface area contributed by atoms with Gasteiger partial charge in [0.05, 0.1) is 0 Å². The normalized spacial score (nSPS) is 19.7. The van der Waals surface area contributed by atoms with Crippen LogP contribution < -0.4 is 20.4 Å². The van der Waals surface area contributed by atoms with Crippen LogP contribution in [0, 0.1) is 11.7 Å². The Labute approximate surface area is 195 Å². The summed E-state index contributed by atoms with van der Waals surface area (Å²) in [5.41, 5.74) is 0.954. The highest BCUT2D eigenvalue weighted by Gasteiger charge is 2.24. The monoisotopic (exact) mass is 456 g/mol. The van der Waals surface area contributed by atoms with Gasteiger partial charge in [-0.05, 0) is 74.9 Å². The molecule has 0 spiro atoms. The van der Waals surface area contributed by atoms with Gasteiger partial charge < -0.3 is 20.4 Å². The van der Waals surface area contributed by atoms with Crippen LogP contribution in [-0.4, -0.2) is 40.8 Å². The lowest BCUT2D eigenvalue weighted by Gasteiger charge is -2.36. The zero-order valence-electron chi connectivity index (χ0n) is 19.0. The number of aromatic nitrogens is 2. The van der Waals surface area contributed by atoms with Gasteiger partial charge in [-0.1, -0.05) is 19.1 Å². The molecule has 1 aromatic carbocycles. The van der Waals surface area contributed by atoms with E-state index in [0.717, 1.165) is 42.8 Å². The molecule has 0 bridgehead atoms. The minimum absolute atomic E-state index is 0.244. The molecule has 6 nitrogen and oxygen atoms in total. The highest BCUT2D eigenvalue weighted by Crippen LogP contribution is 2.29. The number of halogens is 1. The Bertz CT molecular complexity index is 913. The predicted molar refractivity (Wildman–Crippen MR) is 133 cm³/mol. The van der Waals surface area contributed by atoms with Crippen LogP contribution in [0.3, 0.4) is 0 Å². The van der Waals surface area contributed by atoms with Crippen molar-refractivity contribution in [2.75, 3.05) is 34.8 Å². The Morgan fingerprint density at radius 2 is 1.75 bits per heavy atom. The Morgan fingerprint density at radius 1 is 1.03 bits per heavy atom. The van der Waals surface area contributed by atoms with Gasteiger partial charge in [0.2, 0.25) is 5.95 Å². The number of anilines is 3. The molecule has 3 heterocycles. The topological polar surface area (TPSA) is 56.3 Å². The van der Waals surface area contributed by atoms with E-state index < -0.39 is 0 Å². The first-order valence-electron chi connectivity index (χ1n) is 11.7. The highest BCUT2D eigenvalue weighted by molar-refractivity contribution is 7.80. The summed E-state index contributed by atoms with van der Waals surface area (Å²) in [6.45, 7) is 8.13. The minimum Gasteiger partial charge on any atom is -0.358 e. The summed E-state index contributed by atoms with van der Waals surface area (Å²) in [7, 11) is 0. The van der Waals surface area contributed by atoms with Gasteiger partial charge in [0.25, 0.3) is 0 Å². The zero-order chi connectivity index (χ0) is 22.5. The van der Waals surface area contributed by atoms with Gasteiger partial charge in [0.15, 0.2) is 5.11 Å². The molecule has 1 aromatic heterocycles. The Balaban J connectivity index is 1.50. The molecule has 4 rings (SSSR count). The Hall–Kier alpha value is -2.48. The van der Waals surface area contributed by atoms with Crippen molar-refractivity contribution in [3.05, 3.63) is 41.7 Å². The first-order chi connectivity index (χ1) is 15.5. The summed E-state index contributed by atoms with van der Waals surface area (Å²) in [5, 5.41) is 6.80. The average Bonchev–Trinajstić information content (AvgIpc) is 2.79. The van der Waals surface area contributed by atoms with Gasteiger partial charge in [-0.2, -0.15) is 9.97 Å². The molecule has 2 aromatic rings. The number of benzene rings is 1. The number of rotatable bonds is 5. The number of thiocarbonyl (C=S) groups is 1. The molecule has 0 amide bonds. The van der Waals surface area contributed by atoms with Crippen molar-refractivity contribution >= 4 is 34.9 Å². The average molecular weight is 457 g/mol. The molecule has 8 heteroatoms. The van der Waals surface area contributed by atoms with Gasteiger partial charge in [0, 0.05) is 38.3 Å². The quantitative estimate of drug-likeness (QED) is 0.632. The van der Waals surface area contributed by atoms with Crippen LogP contribution in [0.5, 0.6) is 0 Å². The molecule has 2 fully saturated rings. The second kappa shape index (κ2) is 10.4. The zero-order valence-corrected chi connectivity index (χ0v) is 19.8. The maximum absolute atomic E-state index is 13.1. The smallest absolute Gasteiger partial charge is 0.232 e. The van der Waals surface area contributed by atoms with Crippen molar-refractivity contribution in [2.45, 2.75) is 58.5 Å². The van der Waals surface area contributed by atoms with Crippen molar-refractivity contribution in [3.63, 3.8) is 0 Å². The molecule has 2 aliphatic heterocycles. The molecule has 0 aliphatic carbocycles. The number of nitrogens with zero attached hydrogens (tertiary/aromatic N) is 4. The molecular formula is C24H33FN6S. The van der Waals surface area contributed by atoms with E-state index >= 15 is 0 Å². The van der Waals surface area contributed by atoms with E-state index in [4.69, 9.17) is 22.2 Å². The second-order valence-corrected chi connectivity index (χ2v) is 9.46. The van der Waals surface area contributed by atoms with Crippen LogP contribution in [-0.2, 0) is 6.54 Å². The summed E-state index contributed by atoms with van der Waals surface area (Å²) >= 11 is 5.50. The van der Waals surface area contributed by atoms with Crippen molar-refractivity contribution in [2.24, 2.45) is 5.92 Å². The lowest BCUT2D eigenvalue weighted by atomic mass is 9.99. The third kappa shape index (κ3) is 5.85. The minimum atomic E-state index is -0.244. The number of nitrogens with one attached hydrogen (secondary N) is 2. The fourth-order valence-corrected chi connectivity index (χ4v) is 4.56. The van der Waals surface area contributed by atoms with Crippen LogP contribution in [0.1, 0.15) is 51.5 Å². The third-order valence-electron chi connectivity index (χ3n) is 6.50. The van der Waals surface area contributed by atoms with E-state index in [0.29, 0.717) is 23.6 Å². The summed E-state index contributed by atoms with van der Waals surface area (Å²) in [5.74, 6) is 2.96. The number of hydrogen-bond donors (Lipinski definition) is 2. The van der Waals surface area contributed by atoms with Crippen LogP contribution >= 0.6 is 12.2 Å². The van der Waals surface area contributed by atoms with Crippen molar-refractivity contribution < 1.29 is 4.39 Å². The SMILES string of the molecule is CC1CCN(c2cc(N3CCCCC3C)nc(NC(=S)NCc3ccc(F)cc3)n2)CC1. The molecule has 172 valence electrons. The van der Waals surface area contributed by atoms with Gasteiger partial charge in [0.1, 0.15) is 17.5 Å². The molecule has 32 heavy (non-hydrogen) atoms. The number of hydrogen-bond acceptors (Lipinski definition) is 5. The highest BCUT2D eigenvalue weighted by atomic mass is 32.1. The molecule has 2 N–H and O–H groups in total. The van der Waals surface area contributed by atoms with Crippen LogP contribution in [0.2, 0.25) is 0 Å². The van der Waals surface area contributed by atoms with Gasteiger partial charge >= 0.3 is 0 Å². The van der Waals surface area contributed by atoms with E-state index in [2.05, 4.69) is 40.3 Å². The first-order valence-corrected chi connectivity index (χ1v) is 12.1. The standard InChI is InChI=1S/C24H33FN6S/c1-17-10-13-30(14-11-17)21-15-22(31-12-4-3-5-18(31)2)28-23(27-21)29-24(32)26-16-19-6-8-20(25)9-7-19/h6-9,15,17-18H,3-5,10-14,16H2,1-2H3,(H2,26,27,28,29,32).